The molecule has 0 aliphatic rings. The molecule has 0 saturated heterocycles. The Labute approximate surface area is 128 Å². The first-order chi connectivity index (χ1) is 9.36. The van der Waals surface area contributed by atoms with Crippen LogP contribution in [0.2, 0.25) is 15.1 Å². The first-order valence-corrected chi connectivity index (χ1v) is 6.72. The molecular formula is C12H9Cl3N2O3. The maximum absolute atomic E-state index is 11.9. The third-order valence-corrected chi connectivity index (χ3v) is 3.53. The van der Waals surface area contributed by atoms with Crippen molar-refractivity contribution in [3.8, 4) is 11.6 Å². The number of nitrogens with zero attached hydrogens (tertiary/aromatic N) is 1. The van der Waals surface area contributed by atoms with Gasteiger partial charge in [0.25, 0.3) is 5.56 Å². The highest BCUT2D eigenvalue weighted by Crippen LogP contribution is 2.33. The second-order valence-electron chi connectivity index (χ2n) is 3.97. The smallest absolute Gasteiger partial charge is 0.335 e. The molecule has 0 amide bonds. The largest absolute Gasteiger partial charge is 0.494 e. The van der Waals surface area contributed by atoms with Gasteiger partial charge in [-0.25, -0.2) is 9.36 Å². The van der Waals surface area contributed by atoms with Gasteiger partial charge in [-0.2, -0.15) is 0 Å². The van der Waals surface area contributed by atoms with E-state index < -0.39 is 17.1 Å². The minimum absolute atomic E-state index is 0.0613. The van der Waals surface area contributed by atoms with Gasteiger partial charge in [-0.3, -0.25) is 9.78 Å². The van der Waals surface area contributed by atoms with Crippen LogP contribution in [0.1, 0.15) is 12.5 Å². The van der Waals surface area contributed by atoms with Crippen molar-refractivity contribution in [3.05, 3.63) is 53.6 Å². The summed E-state index contributed by atoms with van der Waals surface area (Å²) >= 11 is 17.8. The van der Waals surface area contributed by atoms with Crippen LogP contribution in [0.25, 0.3) is 5.69 Å². The lowest BCUT2D eigenvalue weighted by Gasteiger charge is -2.13. The van der Waals surface area contributed by atoms with Gasteiger partial charge < -0.3 is 5.11 Å². The van der Waals surface area contributed by atoms with Crippen molar-refractivity contribution in [1.29, 1.82) is 0 Å². The Morgan fingerprint density at radius 3 is 2.25 bits per heavy atom. The highest BCUT2D eigenvalue weighted by atomic mass is 35.5. The van der Waals surface area contributed by atoms with Gasteiger partial charge in [-0.1, -0.05) is 41.7 Å². The molecular weight excluding hydrogens is 327 g/mol. The van der Waals surface area contributed by atoms with Crippen LogP contribution in [-0.4, -0.2) is 14.7 Å². The van der Waals surface area contributed by atoms with Gasteiger partial charge in [0.15, 0.2) is 0 Å². The number of hydrogen-bond acceptors (Lipinski definition) is 3. The fourth-order valence-corrected chi connectivity index (χ4v) is 2.82. The standard InChI is InChI=1S/C12H9Cl3N2O3/c1-2-6-10(18)16-12(20)17(11(6)19)9-7(14)3-5(13)4-8(9)15/h3-4,19H,2H2,1H3,(H,16,18,20). The maximum Gasteiger partial charge on any atom is 0.335 e. The van der Waals surface area contributed by atoms with Gasteiger partial charge in [0.05, 0.1) is 21.3 Å². The molecule has 1 aromatic carbocycles. The predicted molar refractivity (Wildman–Crippen MR) is 78.7 cm³/mol. The minimum Gasteiger partial charge on any atom is -0.494 e. The molecule has 2 N–H and O–H groups in total. The van der Waals surface area contributed by atoms with Gasteiger partial charge in [0, 0.05) is 5.02 Å². The van der Waals surface area contributed by atoms with Crippen LogP contribution in [0.15, 0.2) is 21.7 Å². The Hall–Kier alpha value is -1.43. The summed E-state index contributed by atoms with van der Waals surface area (Å²) in [6.07, 6.45) is 0.240. The number of rotatable bonds is 2. The van der Waals surface area contributed by atoms with E-state index in [1.807, 2.05) is 0 Å². The van der Waals surface area contributed by atoms with Crippen LogP contribution >= 0.6 is 34.8 Å². The third-order valence-electron chi connectivity index (χ3n) is 2.74. The van der Waals surface area contributed by atoms with Gasteiger partial charge in [0.2, 0.25) is 5.88 Å². The van der Waals surface area contributed by atoms with Crippen molar-refractivity contribution in [1.82, 2.24) is 9.55 Å². The molecule has 0 saturated carbocycles. The molecule has 8 heteroatoms. The molecule has 0 fully saturated rings. The molecule has 1 aromatic heterocycles. The first kappa shape index (κ1) is 15.0. The Morgan fingerprint density at radius 1 is 1.20 bits per heavy atom. The highest BCUT2D eigenvalue weighted by molar-refractivity contribution is 6.40. The molecule has 0 aliphatic carbocycles. The molecule has 2 aromatic rings. The zero-order valence-electron chi connectivity index (χ0n) is 10.2. The van der Waals surface area contributed by atoms with Gasteiger partial charge in [0.1, 0.15) is 0 Å². The molecule has 106 valence electrons. The summed E-state index contributed by atoms with van der Waals surface area (Å²) < 4.78 is 0.848. The number of halogens is 3. The Kier molecular flexibility index (Phi) is 4.13. The van der Waals surface area contributed by atoms with Gasteiger partial charge >= 0.3 is 5.69 Å². The SMILES string of the molecule is CCc1c(O)n(-c2c(Cl)cc(Cl)cc2Cl)c(=O)[nH]c1=O. The number of aromatic hydroxyl groups is 1. The van der Waals surface area contributed by atoms with E-state index in [4.69, 9.17) is 34.8 Å². The summed E-state index contributed by atoms with van der Waals surface area (Å²) in [5.41, 5.74) is -1.36. The Balaban J connectivity index is 2.91. The van der Waals surface area contributed by atoms with Gasteiger partial charge in [-0.05, 0) is 18.6 Å². The molecule has 0 unspecified atom stereocenters. The average Bonchev–Trinajstić information content (AvgIpc) is 2.32. The number of hydrogen-bond donors (Lipinski definition) is 2. The lowest BCUT2D eigenvalue weighted by atomic mass is 10.2. The normalized spacial score (nSPS) is 10.8. The molecule has 20 heavy (non-hydrogen) atoms. The summed E-state index contributed by atoms with van der Waals surface area (Å²) in [7, 11) is 0. The Morgan fingerprint density at radius 2 is 1.75 bits per heavy atom. The van der Waals surface area contributed by atoms with Gasteiger partial charge in [-0.15, -0.1) is 0 Å². The molecule has 0 aliphatic heterocycles. The van der Waals surface area contributed by atoms with Crippen LogP contribution in [0.4, 0.5) is 0 Å². The molecule has 0 bridgehead atoms. The van der Waals surface area contributed by atoms with E-state index in [-0.39, 0.29) is 32.7 Å². The van der Waals surface area contributed by atoms with E-state index >= 15 is 0 Å². The number of benzene rings is 1. The topological polar surface area (TPSA) is 75.1 Å². The number of aromatic amines is 1. The molecule has 0 radical (unpaired) electrons. The quantitative estimate of drug-likeness (QED) is 0.886. The average molecular weight is 336 g/mol. The lowest BCUT2D eigenvalue weighted by Crippen LogP contribution is -2.31. The fourth-order valence-electron chi connectivity index (χ4n) is 1.84. The van der Waals surface area contributed by atoms with E-state index in [9.17, 15) is 14.7 Å². The van der Waals surface area contributed by atoms with E-state index in [0.717, 1.165) is 4.57 Å². The second-order valence-corrected chi connectivity index (χ2v) is 5.22. The van der Waals surface area contributed by atoms with Crippen molar-refractivity contribution in [2.45, 2.75) is 13.3 Å². The second kappa shape index (κ2) is 5.52. The monoisotopic (exact) mass is 334 g/mol. The molecule has 0 atom stereocenters. The highest BCUT2D eigenvalue weighted by Gasteiger charge is 2.19. The van der Waals surface area contributed by atoms with Crippen LogP contribution in [0.3, 0.4) is 0 Å². The lowest BCUT2D eigenvalue weighted by molar-refractivity contribution is 0.423. The van der Waals surface area contributed by atoms with E-state index in [1.165, 1.54) is 12.1 Å². The van der Waals surface area contributed by atoms with E-state index in [1.54, 1.807) is 6.92 Å². The maximum atomic E-state index is 11.9. The third kappa shape index (κ3) is 2.44. The summed E-state index contributed by atoms with van der Waals surface area (Å²) in [6.45, 7) is 1.67. The number of aromatic nitrogens is 2. The zero-order valence-corrected chi connectivity index (χ0v) is 12.5. The van der Waals surface area contributed by atoms with E-state index in [2.05, 4.69) is 4.98 Å². The van der Waals surface area contributed by atoms with E-state index in [0.29, 0.717) is 0 Å². The van der Waals surface area contributed by atoms with Crippen LogP contribution in [-0.2, 0) is 6.42 Å². The van der Waals surface area contributed by atoms with Crippen molar-refractivity contribution in [2.75, 3.05) is 0 Å². The summed E-state index contributed by atoms with van der Waals surface area (Å²) in [5.74, 6) is -0.493. The van der Waals surface area contributed by atoms with Crippen LogP contribution in [0.5, 0.6) is 5.88 Å². The van der Waals surface area contributed by atoms with Crippen molar-refractivity contribution >= 4 is 34.8 Å². The predicted octanol–water partition coefficient (Wildman–Crippen LogP) is 2.75. The summed E-state index contributed by atoms with van der Waals surface area (Å²) in [4.78, 5) is 25.6. The van der Waals surface area contributed by atoms with Crippen molar-refractivity contribution < 1.29 is 5.11 Å². The summed E-state index contributed by atoms with van der Waals surface area (Å²) in [6, 6.07) is 2.76. The number of H-pyrrole nitrogens is 1. The fraction of sp³-hybridized carbons (Fsp3) is 0.167. The minimum atomic E-state index is -0.837. The molecule has 1 heterocycles. The molecule has 2 rings (SSSR count). The molecule has 5 nitrogen and oxygen atoms in total. The first-order valence-electron chi connectivity index (χ1n) is 5.58. The van der Waals surface area contributed by atoms with Crippen molar-refractivity contribution in [2.24, 2.45) is 0 Å². The Bertz CT molecular complexity index is 773. The van der Waals surface area contributed by atoms with Crippen LogP contribution < -0.4 is 11.2 Å². The van der Waals surface area contributed by atoms with Crippen LogP contribution in [0, 0.1) is 0 Å². The zero-order chi connectivity index (χ0) is 15.0. The van der Waals surface area contributed by atoms with Crippen molar-refractivity contribution in [3.63, 3.8) is 0 Å². The number of nitrogens with one attached hydrogen (secondary N) is 1. The summed E-state index contributed by atoms with van der Waals surface area (Å²) in [5, 5.41) is 10.6. The molecule has 0 spiro atoms.